The zero-order valence-electron chi connectivity index (χ0n) is 18.7. The van der Waals surface area contributed by atoms with Crippen LogP contribution in [0.25, 0.3) is 11.3 Å². The van der Waals surface area contributed by atoms with E-state index in [-0.39, 0.29) is 24.4 Å². The third-order valence-corrected chi connectivity index (χ3v) is 6.76. The van der Waals surface area contributed by atoms with Gasteiger partial charge in [0.25, 0.3) is 0 Å². The number of carbonyl (C=O) groups excluding carboxylic acids is 1. The molecule has 0 aliphatic carbocycles. The summed E-state index contributed by atoms with van der Waals surface area (Å²) in [7, 11) is 0. The lowest BCUT2D eigenvalue weighted by atomic mass is 10.0. The molecule has 4 aromatic rings. The van der Waals surface area contributed by atoms with Crippen LogP contribution >= 0.6 is 28.1 Å². The maximum Gasteiger partial charge on any atom is 0.226 e. The topological polar surface area (TPSA) is 70.4 Å². The van der Waals surface area contributed by atoms with Gasteiger partial charge in [-0.15, -0.1) is 0 Å². The monoisotopic (exact) mass is 546 g/mol. The van der Waals surface area contributed by atoms with Gasteiger partial charge in [0.05, 0.1) is 11.7 Å². The van der Waals surface area contributed by atoms with Crippen LogP contribution in [0.15, 0.2) is 100 Å². The molecular weight excluding hydrogens is 524 g/mol. The van der Waals surface area contributed by atoms with Gasteiger partial charge >= 0.3 is 0 Å². The van der Waals surface area contributed by atoms with E-state index in [0.717, 1.165) is 32.9 Å². The summed E-state index contributed by atoms with van der Waals surface area (Å²) in [6, 6.07) is 26.7. The number of anilines is 1. The Morgan fingerprint density at radius 3 is 2.54 bits per heavy atom. The Kier molecular flexibility index (Phi) is 6.92. The molecule has 1 fully saturated rings. The van der Waals surface area contributed by atoms with Crippen LogP contribution in [0.4, 0.5) is 5.69 Å². The van der Waals surface area contributed by atoms with Crippen LogP contribution in [0.2, 0.25) is 0 Å². The first-order valence-electron chi connectivity index (χ1n) is 11.3. The number of amides is 1. The minimum Gasteiger partial charge on any atom is -0.459 e. The predicted octanol–water partition coefficient (Wildman–Crippen LogP) is 6.11. The first-order valence-corrected chi connectivity index (χ1v) is 12.5. The van der Waals surface area contributed by atoms with Gasteiger partial charge in [-0.2, -0.15) is 0 Å². The molecule has 0 saturated carbocycles. The molecule has 1 saturated heterocycles. The van der Waals surface area contributed by atoms with Crippen LogP contribution in [-0.2, 0) is 4.79 Å². The average Bonchev–Trinajstić information content (AvgIpc) is 3.49. The Hall–Kier alpha value is -3.49. The highest BCUT2D eigenvalue weighted by atomic mass is 79.9. The molecule has 2 aromatic heterocycles. The average molecular weight is 547 g/mol. The highest BCUT2D eigenvalue weighted by molar-refractivity contribution is 9.10. The molecule has 0 radical (unpaired) electrons. The number of hydrogen-bond donors (Lipinski definition) is 2. The van der Waals surface area contributed by atoms with Crippen LogP contribution in [0, 0.1) is 0 Å². The Bertz CT molecular complexity index is 1310. The third-order valence-electron chi connectivity index (χ3n) is 5.88. The van der Waals surface area contributed by atoms with Gasteiger partial charge in [0, 0.05) is 34.9 Å². The van der Waals surface area contributed by atoms with Gasteiger partial charge in [0.2, 0.25) is 5.91 Å². The van der Waals surface area contributed by atoms with Gasteiger partial charge in [-0.05, 0) is 60.7 Å². The number of benzene rings is 2. The van der Waals surface area contributed by atoms with Gasteiger partial charge in [-0.1, -0.05) is 52.3 Å². The maximum atomic E-state index is 12.6. The molecule has 2 atom stereocenters. The number of para-hydroxylation sites is 1. The molecule has 2 aromatic carbocycles. The number of pyridine rings is 1. The third kappa shape index (κ3) is 5.28. The number of rotatable bonds is 7. The highest BCUT2D eigenvalue weighted by Crippen LogP contribution is 2.40. The van der Waals surface area contributed by atoms with E-state index in [1.807, 2.05) is 89.8 Å². The molecule has 3 heterocycles. The van der Waals surface area contributed by atoms with Crippen molar-refractivity contribution in [3.63, 3.8) is 0 Å². The van der Waals surface area contributed by atoms with Crippen molar-refractivity contribution in [2.75, 3.05) is 11.9 Å². The molecule has 2 N–H and O–H groups in total. The van der Waals surface area contributed by atoms with Gasteiger partial charge in [-0.25, -0.2) is 0 Å². The van der Waals surface area contributed by atoms with E-state index in [9.17, 15) is 4.79 Å². The summed E-state index contributed by atoms with van der Waals surface area (Å²) < 4.78 is 7.35. The van der Waals surface area contributed by atoms with Crippen molar-refractivity contribution in [1.29, 1.82) is 0 Å². The maximum absolute atomic E-state index is 12.6. The lowest BCUT2D eigenvalue weighted by Crippen LogP contribution is -2.32. The second-order valence-electron chi connectivity index (χ2n) is 8.19. The van der Waals surface area contributed by atoms with Gasteiger partial charge in [0.1, 0.15) is 17.6 Å². The zero-order chi connectivity index (χ0) is 24.2. The number of furan rings is 1. The molecule has 35 heavy (non-hydrogen) atoms. The standard InChI is InChI=1S/C27H23BrN4O2S/c28-19-11-9-18(10-12-19)22-13-14-23(34-22)26-25(21-8-4-5-16-29-21)31-27(35)32(26)17-15-24(33)30-20-6-2-1-3-7-20/h1-14,16,25-26H,15,17H2,(H,30,33)(H,31,35)/t25-,26+/m1/s1. The van der Waals surface area contributed by atoms with Gasteiger partial charge in [0.15, 0.2) is 5.11 Å². The van der Waals surface area contributed by atoms with Crippen molar-refractivity contribution in [3.8, 4) is 11.3 Å². The van der Waals surface area contributed by atoms with Crippen LogP contribution in [0.1, 0.15) is 30.0 Å². The van der Waals surface area contributed by atoms with E-state index in [0.29, 0.717) is 11.7 Å². The number of aromatic nitrogens is 1. The van der Waals surface area contributed by atoms with Crippen molar-refractivity contribution >= 4 is 44.9 Å². The Morgan fingerprint density at radius 2 is 1.80 bits per heavy atom. The first kappa shape index (κ1) is 23.3. The van der Waals surface area contributed by atoms with Crippen molar-refractivity contribution in [3.05, 3.63) is 107 Å². The summed E-state index contributed by atoms with van der Waals surface area (Å²) in [5.74, 6) is 1.45. The van der Waals surface area contributed by atoms with E-state index < -0.39 is 0 Å². The number of hydrogen-bond acceptors (Lipinski definition) is 4. The van der Waals surface area contributed by atoms with E-state index in [2.05, 4.69) is 31.5 Å². The molecule has 1 amide bonds. The van der Waals surface area contributed by atoms with Crippen molar-refractivity contribution in [2.24, 2.45) is 0 Å². The first-order chi connectivity index (χ1) is 17.1. The summed E-state index contributed by atoms with van der Waals surface area (Å²) in [6.07, 6.45) is 2.05. The normalized spacial score (nSPS) is 17.3. The predicted molar refractivity (Wildman–Crippen MR) is 144 cm³/mol. The molecule has 176 valence electrons. The molecule has 6 nitrogen and oxygen atoms in total. The van der Waals surface area contributed by atoms with E-state index in [1.165, 1.54) is 0 Å². The summed E-state index contributed by atoms with van der Waals surface area (Å²) in [6.45, 7) is 0.437. The number of thiocarbonyl (C=S) groups is 1. The SMILES string of the molecule is O=C(CCN1C(=S)N[C@H](c2ccccn2)[C@@H]1c1ccc(-c2ccc(Br)cc2)o1)Nc1ccccc1. The van der Waals surface area contributed by atoms with Crippen LogP contribution in [-0.4, -0.2) is 27.4 Å². The fourth-order valence-corrected chi connectivity index (χ4v) is 4.80. The molecule has 0 unspecified atom stereocenters. The lowest BCUT2D eigenvalue weighted by molar-refractivity contribution is -0.116. The molecule has 0 spiro atoms. The number of halogens is 1. The Labute approximate surface area is 217 Å². The van der Waals surface area contributed by atoms with Crippen molar-refractivity contribution in [1.82, 2.24) is 15.2 Å². The minimum absolute atomic E-state index is 0.0750. The van der Waals surface area contributed by atoms with E-state index in [1.54, 1.807) is 6.20 Å². The van der Waals surface area contributed by atoms with Crippen LogP contribution in [0.5, 0.6) is 0 Å². The van der Waals surface area contributed by atoms with E-state index >= 15 is 0 Å². The molecule has 8 heteroatoms. The summed E-state index contributed by atoms with van der Waals surface area (Å²) in [5, 5.41) is 6.90. The van der Waals surface area contributed by atoms with Crippen LogP contribution in [0.3, 0.4) is 0 Å². The zero-order valence-corrected chi connectivity index (χ0v) is 21.1. The van der Waals surface area contributed by atoms with Crippen molar-refractivity contribution < 1.29 is 9.21 Å². The smallest absolute Gasteiger partial charge is 0.226 e. The second kappa shape index (κ2) is 10.4. The van der Waals surface area contributed by atoms with Gasteiger partial charge < -0.3 is 20.0 Å². The number of nitrogens with one attached hydrogen (secondary N) is 2. The molecule has 1 aliphatic rings. The number of nitrogens with zero attached hydrogens (tertiary/aromatic N) is 2. The fraction of sp³-hybridized carbons (Fsp3) is 0.148. The minimum atomic E-state index is -0.244. The summed E-state index contributed by atoms with van der Waals surface area (Å²) in [4.78, 5) is 19.2. The van der Waals surface area contributed by atoms with Gasteiger partial charge in [-0.3, -0.25) is 9.78 Å². The largest absolute Gasteiger partial charge is 0.459 e. The molecular formula is C27H23BrN4O2S. The molecule has 0 bridgehead atoms. The number of carbonyl (C=O) groups is 1. The van der Waals surface area contributed by atoms with E-state index in [4.69, 9.17) is 16.6 Å². The summed E-state index contributed by atoms with van der Waals surface area (Å²) in [5.41, 5.74) is 2.61. The van der Waals surface area contributed by atoms with Crippen LogP contribution < -0.4 is 10.6 Å². The lowest BCUT2D eigenvalue weighted by Gasteiger charge is -2.25. The molecule has 5 rings (SSSR count). The Morgan fingerprint density at radius 1 is 1.03 bits per heavy atom. The highest BCUT2D eigenvalue weighted by Gasteiger charge is 2.41. The second-order valence-corrected chi connectivity index (χ2v) is 9.50. The molecule has 1 aliphatic heterocycles. The Balaban J connectivity index is 1.40. The fourth-order valence-electron chi connectivity index (χ4n) is 4.20. The van der Waals surface area contributed by atoms with Crippen molar-refractivity contribution in [2.45, 2.75) is 18.5 Å². The summed E-state index contributed by atoms with van der Waals surface area (Å²) >= 11 is 9.17. The quantitative estimate of drug-likeness (QED) is 0.273.